The normalized spacial score (nSPS) is 15.6. The SMILES string of the molecule is CC1(C)CC(=O)c2cc(C#N)c(SCc3ccc(Cl)c(Cl)c3)nc2C1. The first-order valence-electron chi connectivity index (χ1n) is 7.83. The van der Waals surface area contributed by atoms with Crippen LogP contribution in [0.25, 0.3) is 0 Å². The molecule has 3 nitrogen and oxygen atoms in total. The van der Waals surface area contributed by atoms with Crippen LogP contribution in [0.3, 0.4) is 0 Å². The highest BCUT2D eigenvalue weighted by Crippen LogP contribution is 2.36. The summed E-state index contributed by atoms with van der Waals surface area (Å²) in [5.74, 6) is 0.686. The van der Waals surface area contributed by atoms with Gasteiger partial charge in [-0.1, -0.05) is 43.1 Å². The molecule has 0 fully saturated rings. The first kappa shape index (κ1) is 18.3. The zero-order valence-electron chi connectivity index (χ0n) is 13.9. The lowest BCUT2D eigenvalue weighted by atomic mass is 9.75. The van der Waals surface area contributed by atoms with Crippen molar-refractivity contribution in [1.82, 2.24) is 4.98 Å². The Balaban J connectivity index is 1.90. The third kappa shape index (κ3) is 4.00. The lowest BCUT2D eigenvalue weighted by Gasteiger charge is -2.29. The number of pyridine rings is 1. The molecule has 0 aliphatic heterocycles. The van der Waals surface area contributed by atoms with Gasteiger partial charge in [0.05, 0.1) is 21.3 Å². The number of hydrogen-bond acceptors (Lipinski definition) is 4. The van der Waals surface area contributed by atoms with Crippen LogP contribution in [0.15, 0.2) is 29.3 Å². The number of carbonyl (C=O) groups excluding carboxylic acids is 1. The third-order valence-electron chi connectivity index (χ3n) is 4.13. The van der Waals surface area contributed by atoms with E-state index in [0.717, 1.165) is 17.7 Å². The number of benzene rings is 1. The molecule has 1 heterocycles. The fourth-order valence-corrected chi connectivity index (χ4v) is 4.16. The molecule has 0 N–H and O–H groups in total. The van der Waals surface area contributed by atoms with E-state index in [4.69, 9.17) is 23.2 Å². The fraction of sp³-hybridized carbons (Fsp3) is 0.316. The maximum atomic E-state index is 12.3. The van der Waals surface area contributed by atoms with E-state index < -0.39 is 0 Å². The molecule has 1 aromatic carbocycles. The molecule has 128 valence electrons. The van der Waals surface area contributed by atoms with Gasteiger partial charge in [0.15, 0.2) is 5.78 Å². The molecule has 1 aliphatic rings. The van der Waals surface area contributed by atoms with Gasteiger partial charge in [0.1, 0.15) is 11.1 Å². The van der Waals surface area contributed by atoms with Gasteiger partial charge in [-0.05, 0) is 35.6 Å². The average molecular weight is 391 g/mol. The second-order valence-corrected chi connectivity index (χ2v) is 8.70. The topological polar surface area (TPSA) is 53.8 Å². The van der Waals surface area contributed by atoms with Gasteiger partial charge in [-0.15, -0.1) is 11.8 Å². The molecular weight excluding hydrogens is 375 g/mol. The maximum absolute atomic E-state index is 12.3. The molecule has 0 spiro atoms. The Hall–Kier alpha value is -1.54. The van der Waals surface area contributed by atoms with E-state index in [1.807, 2.05) is 12.1 Å². The van der Waals surface area contributed by atoms with Gasteiger partial charge >= 0.3 is 0 Å². The van der Waals surface area contributed by atoms with Gasteiger partial charge < -0.3 is 0 Å². The van der Waals surface area contributed by atoms with Crippen LogP contribution in [0, 0.1) is 16.7 Å². The van der Waals surface area contributed by atoms with Crippen molar-refractivity contribution in [2.75, 3.05) is 0 Å². The number of hydrogen-bond donors (Lipinski definition) is 0. The number of aromatic nitrogens is 1. The van der Waals surface area contributed by atoms with Crippen LogP contribution in [0.1, 0.15) is 47.4 Å². The number of Topliss-reactive ketones (excluding diaryl/α,β-unsaturated/α-hetero) is 1. The summed E-state index contributed by atoms with van der Waals surface area (Å²) in [6.07, 6.45) is 1.22. The summed E-state index contributed by atoms with van der Waals surface area (Å²) in [5.41, 5.74) is 2.72. The van der Waals surface area contributed by atoms with E-state index in [1.54, 1.807) is 12.1 Å². The predicted octanol–water partition coefficient (Wildman–Crippen LogP) is 5.71. The zero-order chi connectivity index (χ0) is 18.2. The van der Waals surface area contributed by atoms with Gasteiger partial charge in [0.25, 0.3) is 0 Å². The van der Waals surface area contributed by atoms with Crippen molar-refractivity contribution in [2.45, 2.75) is 37.5 Å². The van der Waals surface area contributed by atoms with Crippen molar-refractivity contribution in [3.63, 3.8) is 0 Å². The molecule has 3 rings (SSSR count). The van der Waals surface area contributed by atoms with Crippen LogP contribution in [0.2, 0.25) is 10.0 Å². The number of rotatable bonds is 3. The Kier molecular flexibility index (Phi) is 5.11. The van der Waals surface area contributed by atoms with Crippen LogP contribution in [-0.2, 0) is 12.2 Å². The van der Waals surface area contributed by atoms with Crippen LogP contribution < -0.4 is 0 Å². The van der Waals surface area contributed by atoms with Gasteiger partial charge in [-0.25, -0.2) is 4.98 Å². The Labute approximate surface area is 161 Å². The van der Waals surface area contributed by atoms with Gasteiger partial charge in [0, 0.05) is 17.7 Å². The average Bonchev–Trinajstić information content (AvgIpc) is 2.54. The number of thioether (sulfide) groups is 1. The first-order chi connectivity index (χ1) is 11.8. The number of nitrogens with zero attached hydrogens (tertiary/aromatic N) is 2. The maximum Gasteiger partial charge on any atom is 0.165 e. The smallest absolute Gasteiger partial charge is 0.165 e. The summed E-state index contributed by atoms with van der Waals surface area (Å²) in [5, 5.41) is 11.1. The summed E-state index contributed by atoms with van der Waals surface area (Å²) in [6.45, 7) is 4.13. The van der Waals surface area contributed by atoms with Crippen molar-refractivity contribution in [3.05, 3.63) is 56.7 Å². The number of carbonyl (C=O) groups is 1. The highest BCUT2D eigenvalue weighted by Gasteiger charge is 2.32. The summed E-state index contributed by atoms with van der Waals surface area (Å²) in [7, 11) is 0. The summed E-state index contributed by atoms with van der Waals surface area (Å²) in [4.78, 5) is 17.0. The van der Waals surface area contributed by atoms with Crippen molar-refractivity contribution in [3.8, 4) is 6.07 Å². The minimum atomic E-state index is -0.100. The third-order valence-corrected chi connectivity index (χ3v) is 5.93. The lowest BCUT2D eigenvalue weighted by molar-refractivity contribution is 0.0910. The van der Waals surface area contributed by atoms with Crippen molar-refractivity contribution in [2.24, 2.45) is 5.41 Å². The Morgan fingerprint density at radius 1 is 1.24 bits per heavy atom. The molecule has 6 heteroatoms. The number of ketones is 1. The number of fused-ring (bicyclic) bond motifs is 1. The van der Waals surface area contributed by atoms with Crippen molar-refractivity contribution >= 4 is 40.7 Å². The van der Waals surface area contributed by atoms with Gasteiger partial charge in [-0.2, -0.15) is 5.26 Å². The fourth-order valence-electron chi connectivity index (χ4n) is 2.93. The molecule has 1 aromatic heterocycles. The van der Waals surface area contributed by atoms with E-state index in [1.165, 1.54) is 11.8 Å². The van der Waals surface area contributed by atoms with Crippen LogP contribution in [0.4, 0.5) is 0 Å². The van der Waals surface area contributed by atoms with Crippen molar-refractivity contribution in [1.29, 1.82) is 5.26 Å². The second kappa shape index (κ2) is 6.99. The summed E-state index contributed by atoms with van der Waals surface area (Å²) < 4.78 is 0. The standard InChI is InChI=1S/C19H16Cl2N2OS/c1-19(2)7-16-13(17(24)8-19)6-12(9-22)18(23-16)25-10-11-3-4-14(20)15(21)5-11/h3-6H,7-8,10H2,1-2H3. The van der Waals surface area contributed by atoms with Crippen LogP contribution in [0.5, 0.6) is 0 Å². The van der Waals surface area contributed by atoms with E-state index in [2.05, 4.69) is 24.9 Å². The summed E-state index contributed by atoms with van der Waals surface area (Å²) in [6, 6.07) is 9.32. The molecule has 0 amide bonds. The van der Waals surface area contributed by atoms with E-state index >= 15 is 0 Å². The van der Waals surface area contributed by atoms with Crippen LogP contribution >= 0.6 is 35.0 Å². The molecule has 1 aliphatic carbocycles. The largest absolute Gasteiger partial charge is 0.294 e. The van der Waals surface area contributed by atoms with Gasteiger partial charge in [0.2, 0.25) is 0 Å². The molecule has 0 unspecified atom stereocenters. The minimum Gasteiger partial charge on any atom is -0.294 e. The van der Waals surface area contributed by atoms with E-state index in [0.29, 0.717) is 38.4 Å². The lowest BCUT2D eigenvalue weighted by Crippen LogP contribution is -2.28. The quantitative estimate of drug-likeness (QED) is 0.629. The molecule has 0 radical (unpaired) electrons. The Morgan fingerprint density at radius 2 is 2.00 bits per heavy atom. The van der Waals surface area contributed by atoms with Crippen LogP contribution in [-0.4, -0.2) is 10.8 Å². The molecule has 0 atom stereocenters. The molecule has 25 heavy (non-hydrogen) atoms. The molecule has 0 bridgehead atoms. The van der Waals surface area contributed by atoms with Gasteiger partial charge in [-0.3, -0.25) is 4.79 Å². The van der Waals surface area contributed by atoms with Crippen molar-refractivity contribution < 1.29 is 4.79 Å². The highest BCUT2D eigenvalue weighted by molar-refractivity contribution is 7.98. The number of nitriles is 1. The minimum absolute atomic E-state index is 0.0660. The predicted molar refractivity (Wildman–Crippen MR) is 101 cm³/mol. The molecule has 0 saturated carbocycles. The van der Waals surface area contributed by atoms with E-state index in [-0.39, 0.29) is 11.2 Å². The Morgan fingerprint density at radius 3 is 2.68 bits per heavy atom. The first-order valence-corrected chi connectivity index (χ1v) is 9.57. The molecule has 0 saturated heterocycles. The second-order valence-electron chi connectivity index (χ2n) is 6.93. The van der Waals surface area contributed by atoms with E-state index in [9.17, 15) is 10.1 Å². The Bertz CT molecular complexity index is 903. The molecular formula is C19H16Cl2N2OS. The molecule has 2 aromatic rings. The summed E-state index contributed by atoms with van der Waals surface area (Å²) >= 11 is 13.5. The number of halogens is 2. The highest BCUT2D eigenvalue weighted by atomic mass is 35.5. The monoisotopic (exact) mass is 390 g/mol. The zero-order valence-corrected chi connectivity index (χ0v) is 16.2.